The number of carbonyl (C=O) groups is 1. The summed E-state index contributed by atoms with van der Waals surface area (Å²) in [6.45, 7) is 11.2. The molecule has 0 aromatic heterocycles. The van der Waals surface area contributed by atoms with Gasteiger partial charge in [0, 0.05) is 18.0 Å². The maximum absolute atomic E-state index is 11.6. The van der Waals surface area contributed by atoms with Gasteiger partial charge in [-0.2, -0.15) is 0 Å². The zero-order chi connectivity index (χ0) is 11.4. The maximum Gasteiger partial charge on any atom is 0.225 e. The summed E-state index contributed by atoms with van der Waals surface area (Å²) in [6.07, 6.45) is 0.827. The highest BCUT2D eigenvalue weighted by molar-refractivity contribution is 5.81. The molecular formula is C11H24N2O. The third-order valence-electron chi connectivity index (χ3n) is 2.38. The first-order chi connectivity index (χ1) is 6.25. The van der Waals surface area contributed by atoms with E-state index in [0.717, 1.165) is 13.0 Å². The SMILES string of the molecule is CCNC(C)(C)CC(C)(C)C(=O)NC. The van der Waals surface area contributed by atoms with Crippen LogP contribution in [0.25, 0.3) is 0 Å². The smallest absolute Gasteiger partial charge is 0.225 e. The first-order valence-corrected chi connectivity index (χ1v) is 5.22. The molecule has 0 aromatic rings. The van der Waals surface area contributed by atoms with E-state index in [1.54, 1.807) is 7.05 Å². The number of hydrogen-bond acceptors (Lipinski definition) is 2. The van der Waals surface area contributed by atoms with Crippen LogP contribution in [0.4, 0.5) is 0 Å². The van der Waals surface area contributed by atoms with Gasteiger partial charge in [-0.15, -0.1) is 0 Å². The van der Waals surface area contributed by atoms with Gasteiger partial charge in [0.1, 0.15) is 0 Å². The summed E-state index contributed by atoms with van der Waals surface area (Å²) in [5, 5.41) is 6.08. The van der Waals surface area contributed by atoms with Gasteiger partial charge in [-0.3, -0.25) is 4.79 Å². The lowest BCUT2D eigenvalue weighted by atomic mass is 9.79. The molecule has 0 aliphatic heterocycles. The summed E-state index contributed by atoms with van der Waals surface area (Å²) < 4.78 is 0. The van der Waals surface area contributed by atoms with Gasteiger partial charge in [-0.25, -0.2) is 0 Å². The third kappa shape index (κ3) is 4.09. The number of amides is 1. The highest BCUT2D eigenvalue weighted by Crippen LogP contribution is 2.27. The van der Waals surface area contributed by atoms with Crippen LogP contribution in [0, 0.1) is 5.41 Å². The molecule has 0 saturated carbocycles. The predicted molar refractivity (Wildman–Crippen MR) is 60.2 cm³/mol. The van der Waals surface area contributed by atoms with Crippen LogP contribution < -0.4 is 10.6 Å². The minimum absolute atomic E-state index is 0.00472. The van der Waals surface area contributed by atoms with Gasteiger partial charge >= 0.3 is 0 Å². The largest absolute Gasteiger partial charge is 0.359 e. The lowest BCUT2D eigenvalue weighted by molar-refractivity contribution is -0.129. The van der Waals surface area contributed by atoms with Crippen molar-refractivity contribution in [2.75, 3.05) is 13.6 Å². The molecule has 0 spiro atoms. The number of hydrogen-bond donors (Lipinski definition) is 2. The van der Waals surface area contributed by atoms with Gasteiger partial charge in [0.15, 0.2) is 0 Å². The second kappa shape index (κ2) is 4.78. The van der Waals surface area contributed by atoms with Crippen LogP contribution in [-0.4, -0.2) is 25.0 Å². The van der Waals surface area contributed by atoms with Crippen molar-refractivity contribution in [2.45, 2.75) is 46.6 Å². The Labute approximate surface area is 87.6 Å². The van der Waals surface area contributed by atoms with Crippen LogP contribution in [0.3, 0.4) is 0 Å². The van der Waals surface area contributed by atoms with Crippen molar-refractivity contribution in [3.05, 3.63) is 0 Å². The van der Waals surface area contributed by atoms with Crippen molar-refractivity contribution in [1.29, 1.82) is 0 Å². The van der Waals surface area contributed by atoms with E-state index in [4.69, 9.17) is 0 Å². The van der Waals surface area contributed by atoms with E-state index >= 15 is 0 Å². The van der Waals surface area contributed by atoms with Gasteiger partial charge in [-0.1, -0.05) is 20.8 Å². The summed E-state index contributed by atoms with van der Waals surface area (Å²) in [7, 11) is 1.68. The van der Waals surface area contributed by atoms with Gasteiger partial charge in [0.25, 0.3) is 0 Å². The number of nitrogens with one attached hydrogen (secondary N) is 2. The van der Waals surface area contributed by atoms with Crippen LogP contribution in [0.15, 0.2) is 0 Å². The molecule has 3 nitrogen and oxygen atoms in total. The first kappa shape index (κ1) is 13.4. The molecule has 0 aliphatic carbocycles. The van der Waals surface area contributed by atoms with Crippen molar-refractivity contribution in [3.63, 3.8) is 0 Å². The van der Waals surface area contributed by atoms with Crippen LogP contribution in [0.1, 0.15) is 41.0 Å². The monoisotopic (exact) mass is 200 g/mol. The minimum Gasteiger partial charge on any atom is -0.359 e. The molecule has 3 heteroatoms. The summed E-state index contributed by atoms with van der Waals surface area (Å²) in [5.74, 6) is 0.100. The Balaban J connectivity index is 4.41. The Morgan fingerprint density at radius 1 is 1.21 bits per heavy atom. The average Bonchev–Trinajstić information content (AvgIpc) is 2.00. The fourth-order valence-electron chi connectivity index (χ4n) is 2.06. The minimum atomic E-state index is -0.319. The van der Waals surface area contributed by atoms with E-state index in [1.165, 1.54) is 0 Å². The quantitative estimate of drug-likeness (QED) is 0.707. The Bertz CT molecular complexity index is 197. The molecule has 0 heterocycles. The molecule has 0 rings (SSSR count). The molecule has 0 radical (unpaired) electrons. The van der Waals surface area contributed by atoms with Crippen LogP contribution in [0.5, 0.6) is 0 Å². The lowest BCUT2D eigenvalue weighted by Gasteiger charge is -2.34. The molecule has 0 aliphatic rings. The van der Waals surface area contributed by atoms with E-state index in [9.17, 15) is 4.79 Å². The second-order valence-electron chi connectivity index (χ2n) is 5.05. The van der Waals surface area contributed by atoms with E-state index in [0.29, 0.717) is 0 Å². The molecule has 0 aromatic carbocycles. The molecule has 0 fully saturated rings. The molecule has 0 atom stereocenters. The van der Waals surface area contributed by atoms with Gasteiger partial charge in [0.05, 0.1) is 0 Å². The van der Waals surface area contributed by atoms with Crippen LogP contribution in [-0.2, 0) is 4.79 Å². The summed E-state index contributed by atoms with van der Waals surface area (Å²) >= 11 is 0. The zero-order valence-corrected chi connectivity index (χ0v) is 10.3. The van der Waals surface area contributed by atoms with Crippen molar-refractivity contribution >= 4 is 5.91 Å². The van der Waals surface area contributed by atoms with Crippen molar-refractivity contribution in [2.24, 2.45) is 5.41 Å². The number of rotatable bonds is 5. The van der Waals surface area contributed by atoms with E-state index < -0.39 is 0 Å². The second-order valence-corrected chi connectivity index (χ2v) is 5.05. The first-order valence-electron chi connectivity index (χ1n) is 5.22. The normalized spacial score (nSPS) is 12.7. The summed E-state index contributed by atoms with van der Waals surface area (Å²) in [5.41, 5.74) is -0.314. The molecule has 0 saturated heterocycles. The summed E-state index contributed by atoms with van der Waals surface area (Å²) in [6, 6.07) is 0. The van der Waals surface area contributed by atoms with Crippen LogP contribution >= 0.6 is 0 Å². The Kier molecular flexibility index (Phi) is 4.59. The molecule has 0 bridgehead atoms. The zero-order valence-electron chi connectivity index (χ0n) is 10.3. The van der Waals surface area contributed by atoms with E-state index in [1.807, 2.05) is 13.8 Å². The Morgan fingerprint density at radius 3 is 2.07 bits per heavy atom. The molecule has 0 unspecified atom stereocenters. The Morgan fingerprint density at radius 2 is 1.71 bits per heavy atom. The van der Waals surface area contributed by atoms with Gasteiger partial charge in [0.2, 0.25) is 5.91 Å². The van der Waals surface area contributed by atoms with E-state index in [-0.39, 0.29) is 16.9 Å². The summed E-state index contributed by atoms with van der Waals surface area (Å²) in [4.78, 5) is 11.6. The van der Waals surface area contributed by atoms with Crippen LogP contribution in [0.2, 0.25) is 0 Å². The van der Waals surface area contributed by atoms with Crippen molar-refractivity contribution in [3.8, 4) is 0 Å². The third-order valence-corrected chi connectivity index (χ3v) is 2.38. The predicted octanol–water partition coefficient (Wildman–Crippen LogP) is 1.54. The highest BCUT2D eigenvalue weighted by atomic mass is 16.2. The molecule has 2 N–H and O–H groups in total. The topological polar surface area (TPSA) is 41.1 Å². The number of carbonyl (C=O) groups excluding carboxylic acids is 1. The molecule has 1 amide bonds. The standard InChI is InChI=1S/C11H24N2O/c1-7-13-11(4,5)8-10(2,3)9(14)12-6/h13H,7-8H2,1-6H3,(H,12,14). The Hall–Kier alpha value is -0.570. The van der Waals surface area contributed by atoms with Gasteiger partial charge < -0.3 is 10.6 Å². The van der Waals surface area contributed by atoms with Crippen molar-refractivity contribution < 1.29 is 4.79 Å². The highest BCUT2D eigenvalue weighted by Gasteiger charge is 2.33. The maximum atomic E-state index is 11.6. The fourth-order valence-corrected chi connectivity index (χ4v) is 2.06. The average molecular weight is 200 g/mol. The lowest BCUT2D eigenvalue weighted by Crippen LogP contribution is -2.47. The van der Waals surface area contributed by atoms with Gasteiger partial charge in [-0.05, 0) is 26.8 Å². The van der Waals surface area contributed by atoms with Crippen molar-refractivity contribution in [1.82, 2.24) is 10.6 Å². The fraction of sp³-hybridized carbons (Fsp3) is 0.909. The molecular weight excluding hydrogens is 176 g/mol. The van der Waals surface area contributed by atoms with E-state index in [2.05, 4.69) is 31.4 Å². The molecule has 84 valence electrons. The molecule has 14 heavy (non-hydrogen) atoms.